The molecule has 1 heterocycles. The molecule has 1 N–H and O–H groups in total. The Labute approximate surface area is 94.4 Å². The van der Waals surface area contributed by atoms with Gasteiger partial charge in [0.05, 0.1) is 0 Å². The van der Waals surface area contributed by atoms with Gasteiger partial charge in [-0.3, -0.25) is 5.43 Å². The molecule has 1 unspecified atom stereocenters. The maximum Gasteiger partial charge on any atom is 0.0215 e. The lowest BCUT2D eigenvalue weighted by Crippen LogP contribution is -2.49. The monoisotopic (exact) mass is 210 g/mol. The quantitative estimate of drug-likeness (QED) is 0.770. The van der Waals surface area contributed by atoms with Crippen molar-refractivity contribution in [3.05, 3.63) is 0 Å². The van der Waals surface area contributed by atoms with Gasteiger partial charge in [-0.25, -0.2) is 5.01 Å². The van der Waals surface area contributed by atoms with Gasteiger partial charge in [0.15, 0.2) is 0 Å². The highest BCUT2D eigenvalue weighted by Gasteiger charge is 2.22. The van der Waals surface area contributed by atoms with Crippen LogP contribution in [0.2, 0.25) is 0 Å². The molecule has 2 rings (SSSR count). The summed E-state index contributed by atoms with van der Waals surface area (Å²) in [6, 6.07) is 0.698. The summed E-state index contributed by atoms with van der Waals surface area (Å²) in [5, 5.41) is 2.46. The Morgan fingerprint density at radius 2 is 1.53 bits per heavy atom. The lowest BCUT2D eigenvalue weighted by Gasteiger charge is -2.35. The summed E-state index contributed by atoms with van der Waals surface area (Å²) in [7, 11) is 0. The largest absolute Gasteiger partial charge is 0.252 e. The van der Waals surface area contributed by atoms with Crippen molar-refractivity contribution in [3.8, 4) is 0 Å². The van der Waals surface area contributed by atoms with Crippen molar-refractivity contribution in [1.29, 1.82) is 0 Å². The minimum atomic E-state index is 0.698. The molecular formula is C13H26N2. The Kier molecular flexibility index (Phi) is 4.45. The van der Waals surface area contributed by atoms with Crippen LogP contribution in [0.5, 0.6) is 0 Å². The fraction of sp³-hybridized carbons (Fsp3) is 1.00. The van der Waals surface area contributed by atoms with Crippen LogP contribution in [0.3, 0.4) is 0 Å². The van der Waals surface area contributed by atoms with Crippen LogP contribution in [0.1, 0.15) is 58.3 Å². The van der Waals surface area contributed by atoms with E-state index in [1.54, 1.807) is 0 Å². The van der Waals surface area contributed by atoms with E-state index in [0.717, 1.165) is 5.92 Å². The summed E-state index contributed by atoms with van der Waals surface area (Å²) in [6.45, 7) is 4.90. The Bertz CT molecular complexity index is 169. The Hall–Kier alpha value is -0.0800. The molecule has 88 valence electrons. The SMILES string of the molecule is CC(NN1CCCCC1)C1CCCCC1. The zero-order chi connectivity index (χ0) is 10.5. The van der Waals surface area contributed by atoms with E-state index in [1.807, 2.05) is 0 Å². The predicted octanol–water partition coefficient (Wildman–Crippen LogP) is 2.95. The van der Waals surface area contributed by atoms with E-state index in [0.29, 0.717) is 6.04 Å². The maximum atomic E-state index is 3.72. The van der Waals surface area contributed by atoms with Crippen LogP contribution in [0.15, 0.2) is 0 Å². The van der Waals surface area contributed by atoms with Crippen molar-refractivity contribution in [3.63, 3.8) is 0 Å². The average Bonchev–Trinajstić information content (AvgIpc) is 2.31. The van der Waals surface area contributed by atoms with Crippen LogP contribution in [0.25, 0.3) is 0 Å². The zero-order valence-corrected chi connectivity index (χ0v) is 10.2. The summed E-state index contributed by atoms with van der Waals surface area (Å²) in [5.41, 5.74) is 3.72. The maximum absolute atomic E-state index is 3.72. The number of nitrogens with zero attached hydrogens (tertiary/aromatic N) is 1. The minimum Gasteiger partial charge on any atom is -0.252 e. The molecule has 1 aliphatic carbocycles. The molecule has 0 aromatic rings. The molecule has 15 heavy (non-hydrogen) atoms. The molecule has 0 aromatic heterocycles. The standard InChI is InChI=1S/C13H26N2/c1-12(13-8-4-2-5-9-13)14-15-10-6-3-7-11-15/h12-14H,2-11H2,1H3. The zero-order valence-electron chi connectivity index (χ0n) is 10.2. The van der Waals surface area contributed by atoms with Crippen LogP contribution in [-0.4, -0.2) is 24.1 Å². The molecule has 2 aliphatic rings. The lowest BCUT2D eigenvalue weighted by molar-refractivity contribution is 0.103. The van der Waals surface area contributed by atoms with Gasteiger partial charge < -0.3 is 0 Å². The molecule has 0 radical (unpaired) electrons. The van der Waals surface area contributed by atoms with E-state index in [1.165, 1.54) is 64.5 Å². The molecule has 2 fully saturated rings. The molecule has 1 saturated heterocycles. The highest BCUT2D eigenvalue weighted by atomic mass is 15.5. The normalized spacial score (nSPS) is 27.8. The molecule has 0 amide bonds. The molecular weight excluding hydrogens is 184 g/mol. The highest BCUT2D eigenvalue weighted by molar-refractivity contribution is 4.76. The number of piperidine rings is 1. The number of hydrogen-bond acceptors (Lipinski definition) is 2. The van der Waals surface area contributed by atoms with Gasteiger partial charge in [0, 0.05) is 19.1 Å². The van der Waals surface area contributed by atoms with Crippen LogP contribution in [-0.2, 0) is 0 Å². The van der Waals surface area contributed by atoms with E-state index in [-0.39, 0.29) is 0 Å². The first-order chi connectivity index (χ1) is 7.36. The molecule has 1 saturated carbocycles. The fourth-order valence-corrected chi connectivity index (χ4v) is 3.05. The molecule has 0 aromatic carbocycles. The van der Waals surface area contributed by atoms with Gasteiger partial charge in [-0.2, -0.15) is 0 Å². The van der Waals surface area contributed by atoms with Crippen molar-refractivity contribution in [1.82, 2.24) is 10.4 Å². The highest BCUT2D eigenvalue weighted by Crippen LogP contribution is 2.26. The topological polar surface area (TPSA) is 15.3 Å². The van der Waals surface area contributed by atoms with Gasteiger partial charge in [-0.1, -0.05) is 25.7 Å². The first-order valence-corrected chi connectivity index (χ1v) is 6.87. The van der Waals surface area contributed by atoms with Crippen LogP contribution in [0, 0.1) is 5.92 Å². The molecule has 1 aliphatic heterocycles. The fourth-order valence-electron chi connectivity index (χ4n) is 3.05. The molecule has 0 bridgehead atoms. The van der Waals surface area contributed by atoms with Crippen LogP contribution in [0.4, 0.5) is 0 Å². The lowest BCUT2D eigenvalue weighted by atomic mass is 9.85. The summed E-state index contributed by atoms with van der Waals surface area (Å²) >= 11 is 0. The van der Waals surface area contributed by atoms with Gasteiger partial charge >= 0.3 is 0 Å². The summed E-state index contributed by atoms with van der Waals surface area (Å²) < 4.78 is 0. The van der Waals surface area contributed by atoms with E-state index in [2.05, 4.69) is 17.4 Å². The average molecular weight is 210 g/mol. The third kappa shape index (κ3) is 3.46. The number of hydrogen-bond donors (Lipinski definition) is 1. The number of rotatable bonds is 3. The minimum absolute atomic E-state index is 0.698. The van der Waals surface area contributed by atoms with Gasteiger partial charge in [0.25, 0.3) is 0 Å². The third-order valence-electron chi connectivity index (χ3n) is 4.10. The van der Waals surface area contributed by atoms with Gasteiger partial charge in [-0.15, -0.1) is 0 Å². The van der Waals surface area contributed by atoms with Crippen LogP contribution >= 0.6 is 0 Å². The van der Waals surface area contributed by atoms with E-state index in [4.69, 9.17) is 0 Å². The second-order valence-corrected chi connectivity index (χ2v) is 5.36. The van der Waals surface area contributed by atoms with Crippen molar-refractivity contribution >= 4 is 0 Å². The summed E-state index contributed by atoms with van der Waals surface area (Å²) in [6.07, 6.45) is 11.5. The molecule has 2 nitrogen and oxygen atoms in total. The smallest absolute Gasteiger partial charge is 0.0215 e. The van der Waals surface area contributed by atoms with Gasteiger partial charge in [-0.05, 0) is 38.5 Å². The first kappa shape index (κ1) is 11.4. The van der Waals surface area contributed by atoms with Gasteiger partial charge in [0.1, 0.15) is 0 Å². The van der Waals surface area contributed by atoms with Gasteiger partial charge in [0.2, 0.25) is 0 Å². The molecule has 1 atom stereocenters. The molecule has 2 heteroatoms. The summed E-state index contributed by atoms with van der Waals surface area (Å²) in [4.78, 5) is 0. The number of hydrazine groups is 1. The Morgan fingerprint density at radius 1 is 0.933 bits per heavy atom. The third-order valence-corrected chi connectivity index (χ3v) is 4.10. The van der Waals surface area contributed by atoms with E-state index in [9.17, 15) is 0 Å². The van der Waals surface area contributed by atoms with Crippen molar-refractivity contribution < 1.29 is 0 Å². The van der Waals surface area contributed by atoms with E-state index >= 15 is 0 Å². The van der Waals surface area contributed by atoms with E-state index < -0.39 is 0 Å². The van der Waals surface area contributed by atoms with Crippen LogP contribution < -0.4 is 5.43 Å². The first-order valence-electron chi connectivity index (χ1n) is 6.87. The summed E-state index contributed by atoms with van der Waals surface area (Å²) in [5.74, 6) is 0.931. The van der Waals surface area contributed by atoms with Crippen molar-refractivity contribution in [2.45, 2.75) is 64.3 Å². The Morgan fingerprint density at radius 3 is 2.20 bits per heavy atom. The van der Waals surface area contributed by atoms with Crippen molar-refractivity contribution in [2.75, 3.05) is 13.1 Å². The second-order valence-electron chi connectivity index (χ2n) is 5.36. The predicted molar refractivity (Wildman–Crippen MR) is 64.6 cm³/mol. The number of nitrogens with one attached hydrogen (secondary N) is 1. The Balaban J connectivity index is 1.72. The van der Waals surface area contributed by atoms with Crippen molar-refractivity contribution in [2.24, 2.45) is 5.92 Å². The molecule has 0 spiro atoms. The second kappa shape index (κ2) is 5.86.